The van der Waals surface area contributed by atoms with E-state index >= 15 is 0 Å². The monoisotopic (exact) mass is 347 g/mol. The largest absolute Gasteiger partial charge is 0.417 e. The molecule has 0 aliphatic rings. The van der Waals surface area contributed by atoms with Crippen molar-refractivity contribution in [2.24, 2.45) is 0 Å². The zero-order chi connectivity index (χ0) is 14.8. The number of halogens is 4. The van der Waals surface area contributed by atoms with Crippen molar-refractivity contribution in [1.82, 2.24) is 9.55 Å². The van der Waals surface area contributed by atoms with Gasteiger partial charge in [-0.1, -0.05) is 15.9 Å². The van der Waals surface area contributed by atoms with Crippen molar-refractivity contribution < 1.29 is 13.2 Å². The Balaban J connectivity index is 2.15. The number of anilines is 1. The molecule has 0 saturated carbocycles. The van der Waals surface area contributed by atoms with Crippen LogP contribution >= 0.6 is 15.9 Å². The molecule has 1 aromatic heterocycles. The first-order valence-corrected chi connectivity index (χ1v) is 6.80. The zero-order valence-corrected chi connectivity index (χ0v) is 12.3. The summed E-state index contributed by atoms with van der Waals surface area (Å²) < 4.78 is 40.3. The van der Waals surface area contributed by atoms with Crippen LogP contribution < -0.4 is 5.32 Å². The normalized spacial score (nSPS) is 11.7. The molecule has 0 saturated heterocycles. The van der Waals surface area contributed by atoms with Crippen molar-refractivity contribution in [3.63, 3.8) is 0 Å². The summed E-state index contributed by atoms with van der Waals surface area (Å²) in [5.74, 6) is 0. The van der Waals surface area contributed by atoms with E-state index < -0.39 is 11.7 Å². The molecule has 20 heavy (non-hydrogen) atoms. The second-order valence-electron chi connectivity index (χ2n) is 4.22. The Morgan fingerprint density at radius 2 is 2.10 bits per heavy atom. The van der Waals surface area contributed by atoms with Crippen LogP contribution in [0.5, 0.6) is 0 Å². The molecule has 0 fully saturated rings. The number of nitrogens with one attached hydrogen (secondary N) is 1. The van der Waals surface area contributed by atoms with Crippen molar-refractivity contribution in [3.8, 4) is 0 Å². The molecule has 0 unspecified atom stereocenters. The first kappa shape index (κ1) is 14.9. The number of nitrogens with zero attached hydrogens (tertiary/aromatic N) is 2. The Labute approximate surface area is 123 Å². The lowest BCUT2D eigenvalue weighted by Crippen LogP contribution is -2.09. The second kappa shape index (κ2) is 5.87. The molecule has 1 aromatic carbocycles. The van der Waals surface area contributed by atoms with Gasteiger partial charge < -0.3 is 9.88 Å². The Morgan fingerprint density at radius 3 is 2.75 bits per heavy atom. The molecule has 1 N–H and O–H groups in total. The predicted molar refractivity (Wildman–Crippen MR) is 74.4 cm³/mol. The van der Waals surface area contributed by atoms with Crippen LogP contribution in [0, 0.1) is 0 Å². The van der Waals surface area contributed by atoms with Crippen molar-refractivity contribution in [3.05, 3.63) is 46.5 Å². The highest BCUT2D eigenvalue weighted by Crippen LogP contribution is 2.36. The first-order chi connectivity index (χ1) is 9.41. The number of hydrogen-bond acceptors (Lipinski definition) is 2. The van der Waals surface area contributed by atoms with E-state index in [1.54, 1.807) is 18.6 Å². The van der Waals surface area contributed by atoms with Crippen LogP contribution in [0.25, 0.3) is 0 Å². The second-order valence-corrected chi connectivity index (χ2v) is 5.07. The van der Waals surface area contributed by atoms with Crippen LogP contribution in [0.2, 0.25) is 0 Å². The molecule has 2 aromatic rings. The maximum Gasteiger partial charge on any atom is 0.417 e. The van der Waals surface area contributed by atoms with Crippen LogP contribution in [0.4, 0.5) is 18.9 Å². The van der Waals surface area contributed by atoms with Gasteiger partial charge in [0.1, 0.15) is 0 Å². The zero-order valence-electron chi connectivity index (χ0n) is 10.7. The molecule has 0 spiro atoms. The highest BCUT2D eigenvalue weighted by atomic mass is 79.9. The Hall–Kier alpha value is -1.50. The molecule has 108 valence electrons. The van der Waals surface area contributed by atoms with E-state index in [1.165, 1.54) is 6.07 Å². The number of rotatable bonds is 4. The molecule has 0 aliphatic heterocycles. The third-order valence-electron chi connectivity index (χ3n) is 2.88. The minimum absolute atomic E-state index is 0.0363. The smallest absolute Gasteiger partial charge is 0.379 e. The summed E-state index contributed by atoms with van der Waals surface area (Å²) in [5, 5.41) is 2.98. The minimum atomic E-state index is -4.37. The Bertz CT molecular complexity index is 593. The maximum atomic E-state index is 12.8. The van der Waals surface area contributed by atoms with Crippen LogP contribution in [0.3, 0.4) is 0 Å². The van der Waals surface area contributed by atoms with Crippen molar-refractivity contribution in [2.45, 2.75) is 26.2 Å². The molecule has 7 heteroatoms. The highest BCUT2D eigenvalue weighted by Gasteiger charge is 2.33. The number of aromatic nitrogens is 2. The molecule has 1 heterocycles. The third-order valence-corrected chi connectivity index (χ3v) is 3.58. The summed E-state index contributed by atoms with van der Waals surface area (Å²) in [4.78, 5) is 4.01. The van der Waals surface area contributed by atoms with Crippen LogP contribution in [-0.4, -0.2) is 9.55 Å². The van der Waals surface area contributed by atoms with Gasteiger partial charge in [0.15, 0.2) is 0 Å². The Morgan fingerprint density at radius 1 is 1.35 bits per heavy atom. The Kier molecular flexibility index (Phi) is 4.37. The van der Waals surface area contributed by atoms with E-state index in [-0.39, 0.29) is 4.47 Å². The van der Waals surface area contributed by atoms with Crippen LogP contribution in [0.15, 0.2) is 35.2 Å². The molecule has 3 nitrogen and oxygen atoms in total. The molecule has 0 aliphatic carbocycles. The quantitative estimate of drug-likeness (QED) is 0.893. The number of aryl methyl sites for hydroxylation is 1. The molecular weight excluding hydrogens is 335 g/mol. The van der Waals surface area contributed by atoms with Crippen molar-refractivity contribution in [1.29, 1.82) is 0 Å². The van der Waals surface area contributed by atoms with Gasteiger partial charge in [0, 0.05) is 22.9 Å². The van der Waals surface area contributed by atoms with E-state index in [1.807, 2.05) is 11.5 Å². The number of benzene rings is 1. The molecule has 0 amide bonds. The fraction of sp³-hybridized carbons (Fsp3) is 0.308. The fourth-order valence-corrected chi connectivity index (χ4v) is 2.30. The summed E-state index contributed by atoms with van der Waals surface area (Å²) in [6, 6.07) is 4.09. The van der Waals surface area contributed by atoms with Gasteiger partial charge in [0.25, 0.3) is 0 Å². The lowest BCUT2D eigenvalue weighted by molar-refractivity contribution is -0.138. The van der Waals surface area contributed by atoms with Gasteiger partial charge in [-0.15, -0.1) is 0 Å². The summed E-state index contributed by atoms with van der Waals surface area (Å²) in [6.45, 7) is 3.17. The van der Waals surface area contributed by atoms with E-state index in [2.05, 4.69) is 26.2 Å². The van der Waals surface area contributed by atoms with Crippen molar-refractivity contribution in [2.75, 3.05) is 5.32 Å². The van der Waals surface area contributed by atoms with E-state index in [9.17, 15) is 13.2 Å². The van der Waals surface area contributed by atoms with Gasteiger partial charge in [-0.3, -0.25) is 0 Å². The molecule has 0 bridgehead atoms. The molecular formula is C13H13BrF3N3. The van der Waals surface area contributed by atoms with Gasteiger partial charge in [-0.05, 0) is 25.1 Å². The maximum absolute atomic E-state index is 12.8. The van der Waals surface area contributed by atoms with Gasteiger partial charge >= 0.3 is 6.18 Å². The standard InChI is InChI=1S/C13H13BrF3N3/c1-2-20-8-18-6-10(20)7-19-9-3-4-12(14)11(5-9)13(15,16)17/h3-6,8,19H,2,7H2,1H3. The predicted octanol–water partition coefficient (Wildman–Crippen LogP) is 4.30. The van der Waals surface area contributed by atoms with E-state index in [4.69, 9.17) is 0 Å². The van der Waals surface area contributed by atoms with E-state index in [0.717, 1.165) is 18.3 Å². The molecule has 2 rings (SSSR count). The third kappa shape index (κ3) is 3.33. The summed E-state index contributed by atoms with van der Waals surface area (Å²) in [5.41, 5.74) is 0.653. The van der Waals surface area contributed by atoms with Gasteiger partial charge in [-0.25, -0.2) is 4.98 Å². The lowest BCUT2D eigenvalue weighted by atomic mass is 10.2. The number of imidazole rings is 1. The average molecular weight is 348 g/mol. The van der Waals surface area contributed by atoms with Gasteiger partial charge in [-0.2, -0.15) is 13.2 Å². The molecule has 0 radical (unpaired) electrons. The van der Waals surface area contributed by atoms with Crippen molar-refractivity contribution >= 4 is 21.6 Å². The fourth-order valence-electron chi connectivity index (χ4n) is 1.83. The lowest BCUT2D eigenvalue weighted by Gasteiger charge is -2.13. The first-order valence-electron chi connectivity index (χ1n) is 6.01. The minimum Gasteiger partial charge on any atom is -0.379 e. The highest BCUT2D eigenvalue weighted by molar-refractivity contribution is 9.10. The topological polar surface area (TPSA) is 29.9 Å². The number of alkyl halides is 3. The van der Waals surface area contributed by atoms with Crippen LogP contribution in [-0.2, 0) is 19.3 Å². The average Bonchev–Trinajstić information content (AvgIpc) is 2.84. The molecule has 0 atom stereocenters. The summed E-state index contributed by atoms with van der Waals surface area (Å²) in [7, 11) is 0. The van der Waals surface area contributed by atoms with Crippen LogP contribution in [0.1, 0.15) is 18.2 Å². The van der Waals surface area contributed by atoms with E-state index in [0.29, 0.717) is 12.2 Å². The summed E-state index contributed by atoms with van der Waals surface area (Å²) >= 11 is 2.92. The van der Waals surface area contributed by atoms with Gasteiger partial charge in [0.05, 0.1) is 24.1 Å². The summed E-state index contributed by atoms with van der Waals surface area (Å²) in [6.07, 6.45) is -0.985. The number of hydrogen-bond donors (Lipinski definition) is 1. The van der Waals surface area contributed by atoms with Gasteiger partial charge in [0.2, 0.25) is 0 Å². The SMILES string of the molecule is CCn1cncc1CNc1ccc(Br)c(C(F)(F)F)c1.